The molecule has 0 bridgehead atoms. The van der Waals surface area contributed by atoms with E-state index in [2.05, 4.69) is 5.32 Å². The molecule has 0 aromatic heterocycles. The zero-order valence-electron chi connectivity index (χ0n) is 6.55. The summed E-state index contributed by atoms with van der Waals surface area (Å²) in [6.07, 6.45) is 7.93. The molecule has 0 aromatic rings. The van der Waals surface area contributed by atoms with Crippen LogP contribution in [-0.4, -0.2) is 12.3 Å². The Balaban J connectivity index is 2.11. The molecule has 1 N–H and O–H groups in total. The Morgan fingerprint density at radius 3 is 3.09 bits per heavy atom. The summed E-state index contributed by atoms with van der Waals surface area (Å²) < 4.78 is 0. The largest absolute Gasteiger partial charge is 0.387 e. The van der Waals surface area contributed by atoms with E-state index in [1.165, 1.54) is 25.7 Å². The average molecular weight is 151 g/mol. The van der Waals surface area contributed by atoms with Crippen molar-refractivity contribution >= 4 is 6.29 Å². The molecule has 0 saturated heterocycles. The molecule has 2 rings (SSSR count). The van der Waals surface area contributed by atoms with Gasteiger partial charge in [-0.3, -0.25) is 4.79 Å². The van der Waals surface area contributed by atoms with E-state index >= 15 is 0 Å². The molecule has 2 aliphatic rings. The van der Waals surface area contributed by atoms with E-state index in [1.807, 2.05) is 6.20 Å². The van der Waals surface area contributed by atoms with Crippen LogP contribution in [0.5, 0.6) is 0 Å². The van der Waals surface area contributed by atoms with E-state index in [4.69, 9.17) is 0 Å². The van der Waals surface area contributed by atoms with Crippen molar-refractivity contribution in [2.24, 2.45) is 5.92 Å². The fraction of sp³-hybridized carbons (Fsp3) is 0.667. The summed E-state index contributed by atoms with van der Waals surface area (Å²) in [5.74, 6) is 0.529. The number of rotatable bonds is 1. The molecule has 2 atom stereocenters. The molecule has 1 aliphatic heterocycles. The Morgan fingerprint density at radius 2 is 2.27 bits per heavy atom. The molecule has 11 heavy (non-hydrogen) atoms. The van der Waals surface area contributed by atoms with Crippen LogP contribution < -0.4 is 5.32 Å². The number of hydrogen-bond acceptors (Lipinski definition) is 2. The third-order valence-electron chi connectivity index (χ3n) is 2.79. The first-order valence-corrected chi connectivity index (χ1v) is 4.33. The lowest BCUT2D eigenvalue weighted by atomic mass is 9.83. The maximum atomic E-state index is 10.6. The zero-order valence-corrected chi connectivity index (χ0v) is 6.55. The fourth-order valence-corrected chi connectivity index (χ4v) is 2.16. The monoisotopic (exact) mass is 151 g/mol. The molecular weight excluding hydrogens is 138 g/mol. The lowest BCUT2D eigenvalue weighted by molar-refractivity contribution is -0.105. The van der Waals surface area contributed by atoms with Crippen molar-refractivity contribution < 1.29 is 4.79 Å². The summed E-state index contributed by atoms with van der Waals surface area (Å²) in [5.41, 5.74) is 0.981. The van der Waals surface area contributed by atoms with Crippen LogP contribution in [0.2, 0.25) is 0 Å². The van der Waals surface area contributed by atoms with Gasteiger partial charge in [-0.05, 0) is 12.8 Å². The van der Waals surface area contributed by atoms with Crippen molar-refractivity contribution in [1.29, 1.82) is 0 Å². The van der Waals surface area contributed by atoms with Crippen LogP contribution in [0, 0.1) is 5.92 Å². The SMILES string of the molecule is O=CC1=CNC2CCCCC12. The standard InChI is InChI=1S/C9H13NO/c11-6-7-5-10-9-4-2-1-3-8(7)9/h5-6,8-10H,1-4H2. The molecule has 2 heteroatoms. The van der Waals surface area contributed by atoms with E-state index in [0.29, 0.717) is 12.0 Å². The molecule has 0 spiro atoms. The highest BCUT2D eigenvalue weighted by Gasteiger charge is 2.30. The van der Waals surface area contributed by atoms with Gasteiger partial charge in [0.15, 0.2) is 0 Å². The highest BCUT2D eigenvalue weighted by atomic mass is 16.1. The van der Waals surface area contributed by atoms with Gasteiger partial charge in [0.05, 0.1) is 0 Å². The molecule has 1 heterocycles. The minimum Gasteiger partial charge on any atom is -0.387 e. The van der Waals surface area contributed by atoms with E-state index in [9.17, 15) is 4.79 Å². The Morgan fingerprint density at radius 1 is 1.45 bits per heavy atom. The van der Waals surface area contributed by atoms with E-state index in [0.717, 1.165) is 11.9 Å². The molecule has 1 saturated carbocycles. The van der Waals surface area contributed by atoms with Crippen molar-refractivity contribution in [1.82, 2.24) is 5.32 Å². The molecule has 1 aliphatic carbocycles. The van der Waals surface area contributed by atoms with Gasteiger partial charge < -0.3 is 5.32 Å². The number of fused-ring (bicyclic) bond motifs is 1. The minimum absolute atomic E-state index is 0.529. The fourth-order valence-electron chi connectivity index (χ4n) is 2.16. The van der Waals surface area contributed by atoms with Crippen LogP contribution in [0.3, 0.4) is 0 Å². The maximum Gasteiger partial charge on any atom is 0.147 e. The summed E-state index contributed by atoms with van der Waals surface area (Å²) >= 11 is 0. The number of nitrogens with one attached hydrogen (secondary N) is 1. The predicted molar refractivity (Wildman–Crippen MR) is 43.0 cm³/mol. The molecule has 1 fully saturated rings. The quantitative estimate of drug-likeness (QED) is 0.571. The van der Waals surface area contributed by atoms with Crippen molar-refractivity contribution in [2.45, 2.75) is 31.7 Å². The van der Waals surface area contributed by atoms with Gasteiger partial charge in [-0.1, -0.05) is 12.8 Å². The lowest BCUT2D eigenvalue weighted by Crippen LogP contribution is -2.30. The van der Waals surface area contributed by atoms with Crippen molar-refractivity contribution in [3.63, 3.8) is 0 Å². The molecule has 2 unspecified atom stereocenters. The predicted octanol–water partition coefficient (Wildman–Crippen LogP) is 1.23. The van der Waals surface area contributed by atoms with Gasteiger partial charge >= 0.3 is 0 Å². The second-order valence-corrected chi connectivity index (χ2v) is 3.43. The number of carbonyl (C=O) groups is 1. The summed E-state index contributed by atoms with van der Waals surface area (Å²) in [6.45, 7) is 0. The molecule has 2 nitrogen and oxygen atoms in total. The summed E-state index contributed by atoms with van der Waals surface area (Å²) in [7, 11) is 0. The Hall–Kier alpha value is -0.790. The summed E-state index contributed by atoms with van der Waals surface area (Å²) in [5, 5.41) is 3.27. The molecular formula is C9H13NO. The van der Waals surface area contributed by atoms with Gasteiger partial charge in [-0.2, -0.15) is 0 Å². The van der Waals surface area contributed by atoms with Crippen LogP contribution in [0.25, 0.3) is 0 Å². The molecule has 0 aromatic carbocycles. The highest BCUT2D eigenvalue weighted by molar-refractivity contribution is 5.75. The Labute approximate surface area is 66.7 Å². The smallest absolute Gasteiger partial charge is 0.147 e. The highest BCUT2D eigenvalue weighted by Crippen LogP contribution is 2.32. The Bertz CT molecular complexity index is 198. The third kappa shape index (κ3) is 1.06. The van der Waals surface area contributed by atoms with E-state index in [1.54, 1.807) is 0 Å². The third-order valence-corrected chi connectivity index (χ3v) is 2.79. The molecule has 0 amide bonds. The lowest BCUT2D eigenvalue weighted by Gasteiger charge is -2.25. The maximum absolute atomic E-state index is 10.6. The summed E-state index contributed by atoms with van der Waals surface area (Å²) in [6, 6.07) is 0.573. The van der Waals surface area contributed by atoms with Gasteiger partial charge in [0.1, 0.15) is 6.29 Å². The van der Waals surface area contributed by atoms with Gasteiger partial charge in [0.25, 0.3) is 0 Å². The topological polar surface area (TPSA) is 29.1 Å². The number of aldehydes is 1. The zero-order chi connectivity index (χ0) is 7.68. The van der Waals surface area contributed by atoms with Gasteiger partial charge in [-0.15, -0.1) is 0 Å². The van der Waals surface area contributed by atoms with Gasteiger partial charge in [0, 0.05) is 23.7 Å². The van der Waals surface area contributed by atoms with Crippen molar-refractivity contribution in [3.8, 4) is 0 Å². The first-order valence-electron chi connectivity index (χ1n) is 4.33. The van der Waals surface area contributed by atoms with Crippen LogP contribution in [0.1, 0.15) is 25.7 Å². The second kappa shape index (κ2) is 2.68. The van der Waals surface area contributed by atoms with Crippen LogP contribution in [0.15, 0.2) is 11.8 Å². The Kier molecular flexibility index (Phi) is 1.68. The normalized spacial score (nSPS) is 35.5. The first-order chi connectivity index (χ1) is 5.42. The molecule has 60 valence electrons. The first kappa shape index (κ1) is 6.89. The number of hydrogen-bond donors (Lipinski definition) is 1. The van der Waals surface area contributed by atoms with E-state index < -0.39 is 0 Å². The van der Waals surface area contributed by atoms with Crippen LogP contribution >= 0.6 is 0 Å². The average Bonchev–Trinajstić information content (AvgIpc) is 2.47. The number of carbonyl (C=O) groups excluding carboxylic acids is 1. The van der Waals surface area contributed by atoms with Gasteiger partial charge in [-0.25, -0.2) is 0 Å². The van der Waals surface area contributed by atoms with Crippen LogP contribution in [-0.2, 0) is 4.79 Å². The second-order valence-electron chi connectivity index (χ2n) is 3.43. The minimum atomic E-state index is 0.529. The van der Waals surface area contributed by atoms with Crippen molar-refractivity contribution in [3.05, 3.63) is 11.8 Å². The summed E-state index contributed by atoms with van der Waals surface area (Å²) in [4.78, 5) is 10.6. The molecule has 0 radical (unpaired) electrons. The van der Waals surface area contributed by atoms with Gasteiger partial charge in [0.2, 0.25) is 0 Å². The van der Waals surface area contributed by atoms with Crippen LogP contribution in [0.4, 0.5) is 0 Å². The van der Waals surface area contributed by atoms with Crippen molar-refractivity contribution in [2.75, 3.05) is 0 Å². The van der Waals surface area contributed by atoms with E-state index in [-0.39, 0.29) is 0 Å².